The monoisotopic (exact) mass is 203 g/mol. The molecule has 1 aromatic carbocycles. The molecule has 0 amide bonds. The SMILES string of the molecule is NOCC1(C2CCc3ccccc32)CC1. The van der Waals surface area contributed by atoms with Crippen molar-refractivity contribution >= 4 is 0 Å². The van der Waals surface area contributed by atoms with Gasteiger partial charge in [-0.25, -0.2) is 5.90 Å². The van der Waals surface area contributed by atoms with Crippen LogP contribution in [0.5, 0.6) is 0 Å². The van der Waals surface area contributed by atoms with E-state index in [0.717, 1.165) is 6.61 Å². The lowest BCUT2D eigenvalue weighted by Gasteiger charge is -2.22. The van der Waals surface area contributed by atoms with E-state index in [0.29, 0.717) is 11.3 Å². The van der Waals surface area contributed by atoms with E-state index in [9.17, 15) is 0 Å². The minimum atomic E-state index is 0.376. The summed E-state index contributed by atoms with van der Waals surface area (Å²) in [6.07, 6.45) is 5.07. The Labute approximate surface area is 90.4 Å². The Balaban J connectivity index is 1.91. The van der Waals surface area contributed by atoms with E-state index in [4.69, 9.17) is 10.7 Å². The Morgan fingerprint density at radius 2 is 2.13 bits per heavy atom. The summed E-state index contributed by atoms with van der Waals surface area (Å²) >= 11 is 0. The van der Waals surface area contributed by atoms with E-state index < -0.39 is 0 Å². The maximum atomic E-state index is 5.24. The van der Waals surface area contributed by atoms with Crippen molar-refractivity contribution in [3.05, 3.63) is 35.4 Å². The Kier molecular flexibility index (Phi) is 2.08. The molecule has 2 nitrogen and oxygen atoms in total. The average molecular weight is 203 g/mol. The molecule has 2 aliphatic rings. The van der Waals surface area contributed by atoms with E-state index in [1.807, 2.05) is 0 Å². The highest BCUT2D eigenvalue weighted by molar-refractivity contribution is 5.37. The van der Waals surface area contributed by atoms with Gasteiger partial charge in [0.2, 0.25) is 0 Å². The summed E-state index contributed by atoms with van der Waals surface area (Å²) in [6, 6.07) is 8.83. The average Bonchev–Trinajstić information content (AvgIpc) is 2.91. The van der Waals surface area contributed by atoms with Gasteiger partial charge in [-0.15, -0.1) is 0 Å². The minimum absolute atomic E-state index is 0.376. The zero-order valence-corrected chi connectivity index (χ0v) is 8.91. The summed E-state index contributed by atoms with van der Waals surface area (Å²) in [5.74, 6) is 5.93. The number of hydrogen-bond acceptors (Lipinski definition) is 2. The van der Waals surface area contributed by atoms with Crippen LogP contribution in [-0.2, 0) is 11.3 Å². The summed E-state index contributed by atoms with van der Waals surface area (Å²) in [4.78, 5) is 4.90. The fourth-order valence-corrected chi connectivity index (χ4v) is 3.11. The fraction of sp³-hybridized carbons (Fsp3) is 0.538. The smallest absolute Gasteiger partial charge is 0.0741 e. The largest absolute Gasteiger partial charge is 0.304 e. The molecule has 3 rings (SSSR count). The van der Waals surface area contributed by atoms with Crippen molar-refractivity contribution in [3.63, 3.8) is 0 Å². The summed E-state index contributed by atoms with van der Waals surface area (Å²) in [5.41, 5.74) is 3.46. The lowest BCUT2D eigenvalue weighted by atomic mass is 9.85. The maximum Gasteiger partial charge on any atom is 0.0741 e. The van der Waals surface area contributed by atoms with Crippen LogP contribution in [0.25, 0.3) is 0 Å². The van der Waals surface area contributed by atoms with Crippen molar-refractivity contribution in [1.29, 1.82) is 0 Å². The third-order valence-electron chi connectivity index (χ3n) is 4.14. The van der Waals surface area contributed by atoms with Crippen molar-refractivity contribution in [1.82, 2.24) is 0 Å². The highest BCUT2D eigenvalue weighted by Gasteiger charge is 2.51. The zero-order chi connectivity index (χ0) is 10.3. The van der Waals surface area contributed by atoms with Crippen molar-refractivity contribution in [3.8, 4) is 0 Å². The molecule has 0 saturated heterocycles. The van der Waals surface area contributed by atoms with Crippen LogP contribution in [0.15, 0.2) is 24.3 Å². The topological polar surface area (TPSA) is 35.2 Å². The fourth-order valence-electron chi connectivity index (χ4n) is 3.11. The van der Waals surface area contributed by atoms with Gasteiger partial charge in [0.05, 0.1) is 6.61 Å². The quantitative estimate of drug-likeness (QED) is 0.765. The van der Waals surface area contributed by atoms with Gasteiger partial charge in [-0.3, -0.25) is 0 Å². The van der Waals surface area contributed by atoms with Crippen LogP contribution >= 0.6 is 0 Å². The first kappa shape index (κ1) is 9.37. The molecule has 80 valence electrons. The Hall–Kier alpha value is -0.860. The Morgan fingerprint density at radius 1 is 1.33 bits per heavy atom. The molecule has 2 aliphatic carbocycles. The second-order valence-corrected chi connectivity index (χ2v) is 4.96. The number of aryl methyl sites for hydroxylation is 1. The third kappa shape index (κ3) is 1.40. The van der Waals surface area contributed by atoms with Gasteiger partial charge in [0, 0.05) is 5.41 Å². The summed E-state index contributed by atoms with van der Waals surface area (Å²) in [5, 5.41) is 0. The molecule has 0 heterocycles. The van der Waals surface area contributed by atoms with Gasteiger partial charge in [-0.1, -0.05) is 24.3 Å². The van der Waals surface area contributed by atoms with E-state index in [2.05, 4.69) is 24.3 Å². The van der Waals surface area contributed by atoms with Crippen LogP contribution in [0.1, 0.15) is 36.3 Å². The van der Waals surface area contributed by atoms with Gasteiger partial charge in [-0.05, 0) is 42.7 Å². The molecular formula is C13H17NO. The summed E-state index contributed by atoms with van der Waals surface area (Å²) < 4.78 is 0. The second-order valence-electron chi connectivity index (χ2n) is 4.96. The van der Waals surface area contributed by atoms with Crippen molar-refractivity contribution in [2.45, 2.75) is 31.6 Å². The predicted molar refractivity (Wildman–Crippen MR) is 59.3 cm³/mol. The molecule has 1 aromatic rings. The van der Waals surface area contributed by atoms with Gasteiger partial charge in [0.15, 0.2) is 0 Å². The molecular weight excluding hydrogens is 186 g/mol. The number of nitrogens with two attached hydrogens (primary N) is 1. The number of hydrogen-bond donors (Lipinski definition) is 1. The lowest BCUT2D eigenvalue weighted by molar-refractivity contribution is 0.0798. The molecule has 0 spiro atoms. The van der Waals surface area contributed by atoms with Crippen LogP contribution < -0.4 is 5.90 Å². The summed E-state index contributed by atoms with van der Waals surface area (Å²) in [6.45, 7) is 0.728. The zero-order valence-electron chi connectivity index (χ0n) is 8.91. The van der Waals surface area contributed by atoms with E-state index in [1.54, 1.807) is 5.56 Å². The van der Waals surface area contributed by atoms with E-state index in [1.165, 1.54) is 31.2 Å². The van der Waals surface area contributed by atoms with E-state index >= 15 is 0 Å². The molecule has 0 aromatic heterocycles. The van der Waals surface area contributed by atoms with Crippen LogP contribution in [-0.4, -0.2) is 6.61 Å². The highest BCUT2D eigenvalue weighted by Crippen LogP contribution is 2.60. The van der Waals surface area contributed by atoms with E-state index in [-0.39, 0.29) is 0 Å². The van der Waals surface area contributed by atoms with Gasteiger partial charge in [0.1, 0.15) is 0 Å². The van der Waals surface area contributed by atoms with Gasteiger partial charge >= 0.3 is 0 Å². The molecule has 2 N–H and O–H groups in total. The third-order valence-corrected chi connectivity index (χ3v) is 4.14. The lowest BCUT2D eigenvalue weighted by Crippen LogP contribution is -2.20. The van der Waals surface area contributed by atoms with Gasteiger partial charge < -0.3 is 4.84 Å². The molecule has 1 atom stereocenters. The van der Waals surface area contributed by atoms with Crippen molar-refractivity contribution in [2.24, 2.45) is 11.3 Å². The molecule has 2 heteroatoms. The maximum absolute atomic E-state index is 5.24. The molecule has 1 fully saturated rings. The summed E-state index contributed by atoms with van der Waals surface area (Å²) in [7, 11) is 0. The number of benzene rings is 1. The highest BCUT2D eigenvalue weighted by atomic mass is 16.6. The second kappa shape index (κ2) is 3.32. The normalized spacial score (nSPS) is 26.3. The molecule has 1 unspecified atom stereocenters. The minimum Gasteiger partial charge on any atom is -0.304 e. The number of fused-ring (bicyclic) bond motifs is 1. The van der Waals surface area contributed by atoms with Gasteiger partial charge in [-0.2, -0.15) is 0 Å². The molecule has 0 radical (unpaired) electrons. The number of rotatable bonds is 3. The van der Waals surface area contributed by atoms with Crippen LogP contribution in [0, 0.1) is 5.41 Å². The van der Waals surface area contributed by atoms with Crippen LogP contribution in [0.2, 0.25) is 0 Å². The van der Waals surface area contributed by atoms with Crippen molar-refractivity contribution in [2.75, 3.05) is 6.61 Å². The van der Waals surface area contributed by atoms with Crippen molar-refractivity contribution < 1.29 is 4.84 Å². The molecule has 15 heavy (non-hydrogen) atoms. The molecule has 1 saturated carbocycles. The molecule has 0 bridgehead atoms. The first-order valence-corrected chi connectivity index (χ1v) is 5.75. The Bertz CT molecular complexity index is 371. The standard InChI is InChI=1S/C13H17NO/c14-15-9-13(7-8-13)12-6-5-10-3-1-2-4-11(10)12/h1-4,12H,5-9,14H2. The van der Waals surface area contributed by atoms with Crippen LogP contribution in [0.4, 0.5) is 0 Å². The van der Waals surface area contributed by atoms with Gasteiger partial charge in [0.25, 0.3) is 0 Å². The first-order valence-electron chi connectivity index (χ1n) is 5.75. The Morgan fingerprint density at radius 3 is 2.87 bits per heavy atom. The first-order chi connectivity index (χ1) is 7.36. The molecule has 0 aliphatic heterocycles. The van der Waals surface area contributed by atoms with Crippen LogP contribution in [0.3, 0.4) is 0 Å². The predicted octanol–water partition coefficient (Wildman–Crippen LogP) is 2.39.